The Morgan fingerprint density at radius 2 is 1.73 bits per heavy atom. The lowest BCUT2D eigenvalue weighted by Gasteiger charge is -2.10. The highest BCUT2D eigenvalue weighted by Gasteiger charge is 2.18. The van der Waals surface area contributed by atoms with Crippen LogP contribution in [0, 0.1) is 0 Å². The zero-order valence-corrected chi connectivity index (χ0v) is 14.2. The van der Waals surface area contributed by atoms with Crippen molar-refractivity contribution in [3.05, 3.63) is 47.5 Å². The zero-order valence-electron chi connectivity index (χ0n) is 14.2. The Morgan fingerprint density at radius 3 is 2.35 bits per heavy atom. The molecule has 7 heteroatoms. The number of methoxy groups -OCH3 is 2. The molecule has 134 valence electrons. The molecule has 0 saturated heterocycles. The number of aromatic carboxylic acids is 1. The molecule has 1 aromatic heterocycles. The number of carbonyl (C=O) groups is 2. The van der Waals surface area contributed by atoms with Crippen LogP contribution in [0.1, 0.15) is 15.9 Å². The van der Waals surface area contributed by atoms with Gasteiger partial charge in [0.2, 0.25) is 0 Å². The second-order valence-corrected chi connectivity index (χ2v) is 5.68. The van der Waals surface area contributed by atoms with Crippen LogP contribution in [0.5, 0.6) is 11.5 Å². The van der Waals surface area contributed by atoms with E-state index in [1.165, 1.54) is 26.4 Å². The molecule has 0 bridgehead atoms. The summed E-state index contributed by atoms with van der Waals surface area (Å²) < 4.78 is 10.5. The van der Waals surface area contributed by atoms with Crippen LogP contribution in [-0.2, 0) is 11.2 Å². The molecule has 1 heterocycles. The van der Waals surface area contributed by atoms with Crippen LogP contribution in [0.3, 0.4) is 0 Å². The molecular formula is C19H17NO6. The summed E-state index contributed by atoms with van der Waals surface area (Å²) in [6.07, 6.45) is -0.243. The molecule has 2 aromatic carbocycles. The molecule has 0 aliphatic carbocycles. The number of carboxylic acids is 2. The van der Waals surface area contributed by atoms with Crippen LogP contribution in [0.2, 0.25) is 0 Å². The van der Waals surface area contributed by atoms with E-state index in [9.17, 15) is 19.8 Å². The average molecular weight is 355 g/mol. The Morgan fingerprint density at radius 1 is 1.00 bits per heavy atom. The van der Waals surface area contributed by atoms with E-state index in [1.807, 2.05) is 0 Å². The van der Waals surface area contributed by atoms with Gasteiger partial charge in [-0.1, -0.05) is 0 Å². The first-order valence-electron chi connectivity index (χ1n) is 7.76. The molecule has 0 atom stereocenters. The molecule has 0 amide bonds. The van der Waals surface area contributed by atoms with Gasteiger partial charge in [0.15, 0.2) is 11.5 Å². The van der Waals surface area contributed by atoms with Crippen molar-refractivity contribution in [3.63, 3.8) is 0 Å². The number of benzene rings is 2. The van der Waals surface area contributed by atoms with Gasteiger partial charge in [-0.25, -0.2) is 4.79 Å². The van der Waals surface area contributed by atoms with Crippen LogP contribution >= 0.6 is 0 Å². The number of carboxylic acid groups (broad SMARTS) is 2. The fourth-order valence-electron chi connectivity index (χ4n) is 2.95. The molecule has 0 fully saturated rings. The van der Waals surface area contributed by atoms with Crippen molar-refractivity contribution in [3.8, 4) is 22.8 Å². The Hall–Kier alpha value is -3.48. The van der Waals surface area contributed by atoms with Gasteiger partial charge in [0.05, 0.1) is 31.9 Å². The number of rotatable bonds is 6. The van der Waals surface area contributed by atoms with Gasteiger partial charge >= 0.3 is 11.9 Å². The van der Waals surface area contributed by atoms with E-state index in [-0.39, 0.29) is 12.0 Å². The molecule has 7 nitrogen and oxygen atoms in total. The minimum Gasteiger partial charge on any atom is -0.493 e. The summed E-state index contributed by atoms with van der Waals surface area (Å²) in [6.45, 7) is 0. The quantitative estimate of drug-likeness (QED) is 0.627. The highest BCUT2D eigenvalue weighted by molar-refractivity contribution is 5.99. The maximum Gasteiger partial charge on any atom is 0.335 e. The molecule has 0 unspecified atom stereocenters. The third-order valence-electron chi connectivity index (χ3n) is 4.15. The Labute approximate surface area is 148 Å². The van der Waals surface area contributed by atoms with Crippen LogP contribution < -0.4 is 9.47 Å². The van der Waals surface area contributed by atoms with Crippen molar-refractivity contribution in [1.29, 1.82) is 0 Å². The van der Waals surface area contributed by atoms with Crippen molar-refractivity contribution in [2.24, 2.45) is 0 Å². The number of fused-ring (bicyclic) bond motifs is 1. The third-order valence-corrected chi connectivity index (χ3v) is 4.15. The van der Waals surface area contributed by atoms with Crippen molar-refractivity contribution in [2.75, 3.05) is 14.2 Å². The van der Waals surface area contributed by atoms with E-state index in [0.29, 0.717) is 39.2 Å². The molecule has 3 N–H and O–H groups in total. The van der Waals surface area contributed by atoms with Gasteiger partial charge in [-0.2, -0.15) is 0 Å². The Bertz CT molecular complexity index is 1000. The number of aromatic nitrogens is 1. The fraction of sp³-hybridized carbons (Fsp3) is 0.158. The molecule has 0 saturated carbocycles. The van der Waals surface area contributed by atoms with E-state index in [1.54, 1.807) is 24.3 Å². The first-order chi connectivity index (χ1) is 12.4. The van der Waals surface area contributed by atoms with Crippen molar-refractivity contribution >= 4 is 22.8 Å². The minimum absolute atomic E-state index is 0.0991. The normalized spacial score (nSPS) is 10.7. The maximum absolute atomic E-state index is 11.4. The van der Waals surface area contributed by atoms with Crippen molar-refractivity contribution < 1.29 is 29.3 Å². The maximum atomic E-state index is 11.4. The summed E-state index contributed by atoms with van der Waals surface area (Å²) in [5.74, 6) is -1.01. The molecule has 0 aliphatic rings. The summed E-state index contributed by atoms with van der Waals surface area (Å²) >= 11 is 0. The third kappa shape index (κ3) is 3.06. The number of hydrogen-bond acceptors (Lipinski definition) is 4. The average Bonchev–Trinajstić information content (AvgIpc) is 2.98. The topological polar surface area (TPSA) is 109 Å². The molecular weight excluding hydrogens is 338 g/mol. The van der Waals surface area contributed by atoms with Crippen LogP contribution in [0.25, 0.3) is 22.2 Å². The van der Waals surface area contributed by atoms with Gasteiger partial charge < -0.3 is 24.7 Å². The molecule has 3 rings (SSSR count). The largest absolute Gasteiger partial charge is 0.493 e. The van der Waals surface area contributed by atoms with E-state index in [0.717, 1.165) is 0 Å². The molecule has 0 spiro atoms. The predicted octanol–water partition coefficient (Wildman–Crippen LogP) is 3.18. The lowest BCUT2D eigenvalue weighted by Crippen LogP contribution is -2.02. The van der Waals surface area contributed by atoms with Gasteiger partial charge in [0, 0.05) is 16.5 Å². The fourth-order valence-corrected chi connectivity index (χ4v) is 2.95. The van der Waals surface area contributed by atoms with Gasteiger partial charge in [-0.15, -0.1) is 0 Å². The van der Waals surface area contributed by atoms with Gasteiger partial charge in [-0.05, 0) is 42.0 Å². The van der Waals surface area contributed by atoms with Crippen LogP contribution in [0.4, 0.5) is 0 Å². The summed E-state index contributed by atoms with van der Waals surface area (Å²) in [4.78, 5) is 25.8. The Balaban J connectivity index is 2.24. The number of nitrogens with one attached hydrogen (secondary N) is 1. The zero-order chi connectivity index (χ0) is 18.8. The molecule has 26 heavy (non-hydrogen) atoms. The summed E-state index contributed by atoms with van der Waals surface area (Å²) in [5.41, 5.74) is 2.60. The number of hydrogen-bond donors (Lipinski definition) is 3. The van der Waals surface area contributed by atoms with Gasteiger partial charge in [-0.3, -0.25) is 4.79 Å². The number of H-pyrrole nitrogens is 1. The summed E-state index contributed by atoms with van der Waals surface area (Å²) in [7, 11) is 3.05. The number of aliphatic carboxylic acids is 1. The standard InChI is InChI=1S/C19H17NO6/c1-25-15-6-4-10(8-16(15)26-2)18-13(9-17(21)22)12-7-11(19(23)24)3-5-14(12)20-18/h3-8,20H,9H2,1-2H3,(H,21,22)(H,23,24). The van der Waals surface area contributed by atoms with Gasteiger partial charge in [0.25, 0.3) is 0 Å². The second-order valence-electron chi connectivity index (χ2n) is 5.68. The number of ether oxygens (including phenoxy) is 2. The van der Waals surface area contributed by atoms with E-state index >= 15 is 0 Å². The summed E-state index contributed by atoms with van der Waals surface area (Å²) in [5, 5.41) is 19.1. The van der Waals surface area contributed by atoms with Gasteiger partial charge in [0.1, 0.15) is 0 Å². The van der Waals surface area contributed by atoms with E-state index in [4.69, 9.17) is 9.47 Å². The van der Waals surface area contributed by atoms with Crippen LogP contribution in [-0.4, -0.2) is 41.4 Å². The molecule has 3 aromatic rings. The first kappa shape index (κ1) is 17.3. The monoisotopic (exact) mass is 355 g/mol. The SMILES string of the molecule is COc1ccc(-c2[nH]c3ccc(C(=O)O)cc3c2CC(=O)O)cc1OC. The number of aromatic amines is 1. The highest BCUT2D eigenvalue weighted by atomic mass is 16.5. The lowest BCUT2D eigenvalue weighted by atomic mass is 10.0. The van der Waals surface area contributed by atoms with E-state index < -0.39 is 11.9 Å². The molecule has 0 radical (unpaired) electrons. The second kappa shape index (κ2) is 6.79. The lowest BCUT2D eigenvalue weighted by molar-refractivity contribution is -0.136. The van der Waals surface area contributed by atoms with Crippen LogP contribution in [0.15, 0.2) is 36.4 Å². The van der Waals surface area contributed by atoms with Crippen molar-refractivity contribution in [2.45, 2.75) is 6.42 Å². The van der Waals surface area contributed by atoms with E-state index in [2.05, 4.69) is 4.98 Å². The summed E-state index contributed by atoms with van der Waals surface area (Å²) in [6, 6.07) is 9.85. The minimum atomic E-state index is -1.07. The Kier molecular flexibility index (Phi) is 4.53. The predicted molar refractivity (Wildman–Crippen MR) is 95.1 cm³/mol. The smallest absolute Gasteiger partial charge is 0.335 e. The first-order valence-corrected chi connectivity index (χ1v) is 7.76. The van der Waals surface area contributed by atoms with Crippen molar-refractivity contribution in [1.82, 2.24) is 4.98 Å². The molecule has 0 aliphatic heterocycles. The highest BCUT2D eigenvalue weighted by Crippen LogP contribution is 2.36.